The first kappa shape index (κ1) is 18.7. The third-order valence-corrected chi connectivity index (χ3v) is 4.50. The smallest absolute Gasteiger partial charge is 0.309 e. The van der Waals surface area contributed by atoms with E-state index in [9.17, 15) is 19.7 Å². The molecule has 0 bridgehead atoms. The molecule has 0 unspecified atom stereocenters. The van der Waals surface area contributed by atoms with Crippen molar-refractivity contribution < 1.29 is 19.6 Å². The Morgan fingerprint density at radius 2 is 1.96 bits per heavy atom. The molecule has 1 aromatic carbocycles. The van der Waals surface area contributed by atoms with Gasteiger partial charge in [0.25, 0.3) is 11.6 Å². The quantitative estimate of drug-likeness (QED) is 0.577. The largest absolute Gasteiger partial charge is 0.481 e. The number of carbonyl (C=O) groups is 2. The van der Waals surface area contributed by atoms with Crippen LogP contribution in [0.15, 0.2) is 18.2 Å². The fourth-order valence-electron chi connectivity index (χ4n) is 2.73. The predicted octanol–water partition coefficient (Wildman–Crippen LogP) is 2.43. The van der Waals surface area contributed by atoms with Crippen LogP contribution in [0.25, 0.3) is 0 Å². The third-order valence-electron chi connectivity index (χ3n) is 4.50. The predicted molar refractivity (Wildman–Crippen MR) is 92.9 cm³/mol. The van der Waals surface area contributed by atoms with Gasteiger partial charge in [-0.2, -0.15) is 0 Å². The van der Waals surface area contributed by atoms with E-state index in [1.54, 1.807) is 26.0 Å². The number of carboxylic acid groups (broad SMARTS) is 1. The number of nitro benzene ring substituents is 1. The number of amides is 1. The van der Waals surface area contributed by atoms with E-state index in [1.807, 2.05) is 4.90 Å². The molecule has 2 N–H and O–H groups in total. The lowest BCUT2D eigenvalue weighted by Gasteiger charge is -2.19. The summed E-state index contributed by atoms with van der Waals surface area (Å²) in [4.78, 5) is 36.1. The topological polar surface area (TPSA) is 113 Å². The van der Waals surface area contributed by atoms with Crippen LogP contribution in [0.3, 0.4) is 0 Å². The molecule has 0 spiro atoms. The van der Waals surface area contributed by atoms with Crippen LogP contribution in [0, 0.1) is 15.5 Å². The van der Waals surface area contributed by atoms with Gasteiger partial charge < -0.3 is 15.3 Å². The third kappa shape index (κ3) is 4.46. The van der Waals surface area contributed by atoms with Gasteiger partial charge >= 0.3 is 5.97 Å². The minimum atomic E-state index is -0.946. The van der Waals surface area contributed by atoms with Gasteiger partial charge in [-0.15, -0.1) is 0 Å². The zero-order valence-electron chi connectivity index (χ0n) is 14.4. The second-order valence-corrected chi connectivity index (χ2v) is 6.85. The summed E-state index contributed by atoms with van der Waals surface area (Å²) < 4.78 is 0. The van der Waals surface area contributed by atoms with Gasteiger partial charge in [0, 0.05) is 31.3 Å². The maximum absolute atomic E-state index is 12.2. The molecule has 1 aromatic rings. The number of nitrogens with zero attached hydrogens (tertiary/aromatic N) is 2. The van der Waals surface area contributed by atoms with Crippen LogP contribution in [0.5, 0.6) is 0 Å². The van der Waals surface area contributed by atoms with Crippen LogP contribution in [0.1, 0.15) is 43.5 Å². The zero-order chi connectivity index (χ0) is 18.6. The number of hydrogen-bond donors (Lipinski definition) is 2. The first-order valence-electron chi connectivity index (χ1n) is 8.27. The van der Waals surface area contributed by atoms with Crippen LogP contribution in [-0.2, 0) is 4.79 Å². The van der Waals surface area contributed by atoms with Crippen LogP contribution in [0.4, 0.5) is 11.4 Å². The number of carbonyl (C=O) groups excluding carboxylic acids is 1. The van der Waals surface area contributed by atoms with Crippen LogP contribution in [-0.4, -0.2) is 41.5 Å². The summed E-state index contributed by atoms with van der Waals surface area (Å²) in [7, 11) is 0. The highest BCUT2D eigenvalue weighted by Gasteiger charge is 2.27. The number of anilines is 1. The summed E-state index contributed by atoms with van der Waals surface area (Å²) in [6.45, 7) is 4.89. The zero-order valence-corrected chi connectivity index (χ0v) is 14.4. The lowest BCUT2D eigenvalue weighted by Crippen LogP contribution is -2.32. The van der Waals surface area contributed by atoms with Crippen molar-refractivity contribution in [2.75, 3.05) is 24.5 Å². The number of rotatable bonds is 7. The lowest BCUT2D eigenvalue weighted by atomic mass is 9.90. The van der Waals surface area contributed by atoms with Crippen molar-refractivity contribution in [3.63, 3.8) is 0 Å². The summed E-state index contributed by atoms with van der Waals surface area (Å²) in [5, 5.41) is 23.0. The summed E-state index contributed by atoms with van der Waals surface area (Å²) in [5.41, 5.74) is -0.298. The van der Waals surface area contributed by atoms with E-state index in [-0.39, 0.29) is 24.2 Å². The van der Waals surface area contributed by atoms with Gasteiger partial charge in [0.15, 0.2) is 0 Å². The van der Waals surface area contributed by atoms with Crippen molar-refractivity contribution in [2.24, 2.45) is 5.41 Å². The second-order valence-electron chi connectivity index (χ2n) is 6.85. The number of nitrogens with one attached hydrogen (secondary N) is 1. The maximum atomic E-state index is 12.2. The van der Waals surface area contributed by atoms with Gasteiger partial charge in [-0.25, -0.2) is 0 Å². The molecule has 1 amide bonds. The molecule has 1 saturated heterocycles. The summed E-state index contributed by atoms with van der Waals surface area (Å²) in [5.74, 6) is -1.38. The molecule has 0 radical (unpaired) electrons. The molecule has 1 aliphatic rings. The van der Waals surface area contributed by atoms with Gasteiger partial charge in [-0.1, -0.05) is 0 Å². The van der Waals surface area contributed by atoms with Gasteiger partial charge in [0.05, 0.1) is 10.3 Å². The fraction of sp³-hybridized carbons (Fsp3) is 0.529. The Morgan fingerprint density at radius 1 is 1.32 bits per heavy atom. The minimum Gasteiger partial charge on any atom is -0.481 e. The lowest BCUT2D eigenvalue weighted by molar-refractivity contribution is -0.384. The average molecular weight is 349 g/mol. The molecule has 25 heavy (non-hydrogen) atoms. The molecular weight excluding hydrogens is 326 g/mol. The molecule has 0 aromatic heterocycles. The highest BCUT2D eigenvalue weighted by atomic mass is 16.6. The standard InChI is InChI=1S/C17H23N3O5/c1-17(2,16(22)23)7-8-18-15(21)12-5-6-13(14(11-12)20(24)25)19-9-3-4-10-19/h5-6,11H,3-4,7-10H2,1-2H3,(H,18,21)(H,22,23). The number of benzene rings is 1. The maximum Gasteiger partial charge on any atom is 0.309 e. The van der Waals surface area contributed by atoms with Gasteiger partial charge in [-0.05, 0) is 45.2 Å². The Balaban J connectivity index is 2.08. The van der Waals surface area contributed by atoms with E-state index >= 15 is 0 Å². The summed E-state index contributed by atoms with van der Waals surface area (Å²) >= 11 is 0. The molecule has 0 atom stereocenters. The second kappa shape index (κ2) is 7.50. The van der Waals surface area contributed by atoms with E-state index in [0.29, 0.717) is 5.69 Å². The summed E-state index contributed by atoms with van der Waals surface area (Å²) in [6.07, 6.45) is 2.26. The van der Waals surface area contributed by atoms with Crippen molar-refractivity contribution in [2.45, 2.75) is 33.1 Å². The van der Waals surface area contributed by atoms with E-state index in [0.717, 1.165) is 25.9 Å². The van der Waals surface area contributed by atoms with Crippen molar-refractivity contribution in [1.82, 2.24) is 5.32 Å². The molecule has 8 heteroatoms. The Hall–Kier alpha value is -2.64. The average Bonchev–Trinajstić information content (AvgIpc) is 3.08. The molecule has 1 heterocycles. The summed E-state index contributed by atoms with van der Waals surface area (Å²) in [6, 6.07) is 4.46. The first-order valence-corrected chi connectivity index (χ1v) is 8.27. The van der Waals surface area contributed by atoms with Crippen molar-refractivity contribution in [1.29, 1.82) is 0 Å². The van der Waals surface area contributed by atoms with Crippen LogP contribution >= 0.6 is 0 Å². The molecule has 1 fully saturated rings. The minimum absolute atomic E-state index is 0.0829. The molecule has 1 aliphatic heterocycles. The van der Waals surface area contributed by atoms with Crippen LogP contribution in [0.2, 0.25) is 0 Å². The van der Waals surface area contributed by atoms with Crippen molar-refractivity contribution in [3.8, 4) is 0 Å². The van der Waals surface area contributed by atoms with E-state index in [2.05, 4.69) is 5.32 Å². The molecular formula is C17H23N3O5. The number of hydrogen-bond acceptors (Lipinski definition) is 5. The van der Waals surface area contributed by atoms with Crippen molar-refractivity contribution in [3.05, 3.63) is 33.9 Å². The monoisotopic (exact) mass is 349 g/mol. The fourth-order valence-corrected chi connectivity index (χ4v) is 2.73. The van der Waals surface area contributed by atoms with Crippen LogP contribution < -0.4 is 10.2 Å². The Labute approximate surface area is 146 Å². The molecule has 8 nitrogen and oxygen atoms in total. The van der Waals surface area contributed by atoms with Gasteiger partial charge in [0.2, 0.25) is 0 Å². The van der Waals surface area contributed by atoms with Gasteiger partial charge in [-0.3, -0.25) is 19.7 Å². The normalized spacial score (nSPS) is 14.4. The van der Waals surface area contributed by atoms with E-state index in [1.165, 1.54) is 6.07 Å². The number of carboxylic acids is 1. The highest BCUT2D eigenvalue weighted by Crippen LogP contribution is 2.31. The van der Waals surface area contributed by atoms with Crippen molar-refractivity contribution >= 4 is 23.3 Å². The highest BCUT2D eigenvalue weighted by molar-refractivity contribution is 5.95. The molecule has 0 saturated carbocycles. The van der Waals surface area contributed by atoms with E-state index < -0.39 is 22.2 Å². The Bertz CT molecular complexity index is 681. The SMILES string of the molecule is CC(C)(CCNC(=O)c1ccc(N2CCCC2)c([N+](=O)[O-])c1)C(=O)O. The van der Waals surface area contributed by atoms with E-state index in [4.69, 9.17) is 5.11 Å². The number of nitro groups is 1. The molecule has 2 rings (SSSR count). The number of aliphatic carboxylic acids is 1. The first-order chi connectivity index (χ1) is 11.7. The molecule has 136 valence electrons. The van der Waals surface area contributed by atoms with Gasteiger partial charge in [0.1, 0.15) is 5.69 Å². The Kier molecular flexibility index (Phi) is 5.61. The molecule has 0 aliphatic carbocycles. The Morgan fingerprint density at radius 3 is 2.52 bits per heavy atom.